The molecule has 1 aliphatic heterocycles. The van der Waals surface area contributed by atoms with Crippen LogP contribution in [-0.2, 0) is 15.3 Å². The Morgan fingerprint density at radius 1 is 1.10 bits per heavy atom. The van der Waals surface area contributed by atoms with E-state index in [0.717, 1.165) is 30.0 Å². The molecule has 0 bridgehead atoms. The topological polar surface area (TPSA) is 70.4 Å². The van der Waals surface area contributed by atoms with Crippen molar-refractivity contribution in [2.45, 2.75) is 30.9 Å². The summed E-state index contributed by atoms with van der Waals surface area (Å²) in [5.41, 5.74) is 2.14. The molecule has 3 rings (SSSR count). The molecule has 30 heavy (non-hydrogen) atoms. The molecule has 0 radical (unpaired) electrons. The van der Waals surface area contributed by atoms with Crippen LogP contribution in [0.1, 0.15) is 41.8 Å². The average molecular weight is 423 g/mol. The highest BCUT2D eigenvalue weighted by Gasteiger charge is 2.26. The Balaban J connectivity index is 1.58. The first-order valence-corrected chi connectivity index (χ1v) is 11.1. The number of carbonyl (C=O) groups is 2. The molecule has 5 nitrogen and oxygen atoms in total. The first-order valence-electron chi connectivity index (χ1n) is 10.1. The lowest BCUT2D eigenvalue weighted by Gasteiger charge is -2.34. The van der Waals surface area contributed by atoms with E-state index in [2.05, 4.69) is 19.9 Å². The number of ether oxygens (including phenoxy) is 1. The van der Waals surface area contributed by atoms with Gasteiger partial charge in [0, 0.05) is 23.7 Å². The lowest BCUT2D eigenvalue weighted by Crippen LogP contribution is -2.44. The summed E-state index contributed by atoms with van der Waals surface area (Å²) in [6, 6.07) is 16.7. The van der Waals surface area contributed by atoms with Crippen molar-refractivity contribution in [3.63, 3.8) is 0 Å². The fourth-order valence-electron chi connectivity index (χ4n) is 3.76. The third-order valence-corrected chi connectivity index (χ3v) is 6.28. The summed E-state index contributed by atoms with van der Waals surface area (Å²) in [5.74, 6) is 0.979. The normalized spacial score (nSPS) is 18.5. The smallest absolute Gasteiger partial charge is 0.339 e. The van der Waals surface area contributed by atoms with Crippen LogP contribution in [0.5, 0.6) is 0 Å². The molecular formula is C24H26N2O3S. The van der Waals surface area contributed by atoms with Gasteiger partial charge in [0.2, 0.25) is 0 Å². The van der Waals surface area contributed by atoms with Gasteiger partial charge in [-0.1, -0.05) is 38.1 Å². The van der Waals surface area contributed by atoms with Gasteiger partial charge in [-0.15, -0.1) is 11.8 Å². The molecule has 0 aliphatic carbocycles. The number of likely N-dealkylation sites (tertiary alicyclic amines) is 1. The van der Waals surface area contributed by atoms with E-state index >= 15 is 0 Å². The van der Waals surface area contributed by atoms with Crippen molar-refractivity contribution in [2.75, 3.05) is 19.7 Å². The maximum atomic E-state index is 12.6. The molecule has 2 atom stereocenters. The molecule has 0 aromatic heterocycles. The van der Waals surface area contributed by atoms with E-state index < -0.39 is 5.97 Å². The number of thioether (sulfide) groups is 1. The summed E-state index contributed by atoms with van der Waals surface area (Å²) in [7, 11) is 0. The number of carbonyl (C=O) groups excluding carboxylic acids is 2. The zero-order chi connectivity index (χ0) is 21.5. The van der Waals surface area contributed by atoms with Gasteiger partial charge in [0.1, 0.15) is 0 Å². The number of esters is 1. The number of hydrogen-bond acceptors (Lipinski definition) is 5. The summed E-state index contributed by atoms with van der Waals surface area (Å²) < 4.78 is 5.36. The van der Waals surface area contributed by atoms with E-state index in [-0.39, 0.29) is 12.5 Å². The highest BCUT2D eigenvalue weighted by molar-refractivity contribution is 7.98. The van der Waals surface area contributed by atoms with Crippen LogP contribution in [0.2, 0.25) is 0 Å². The van der Waals surface area contributed by atoms with E-state index in [1.54, 1.807) is 29.2 Å². The third kappa shape index (κ3) is 5.87. The molecule has 1 saturated heterocycles. The van der Waals surface area contributed by atoms with Crippen molar-refractivity contribution in [1.82, 2.24) is 4.90 Å². The molecule has 1 amide bonds. The lowest BCUT2D eigenvalue weighted by molar-refractivity contribution is -0.137. The third-order valence-electron chi connectivity index (χ3n) is 5.13. The second-order valence-corrected chi connectivity index (χ2v) is 8.93. The number of nitriles is 1. The Morgan fingerprint density at radius 2 is 1.77 bits per heavy atom. The van der Waals surface area contributed by atoms with Gasteiger partial charge in [0.25, 0.3) is 5.91 Å². The number of piperidine rings is 1. The largest absolute Gasteiger partial charge is 0.452 e. The molecular weight excluding hydrogens is 396 g/mol. The molecule has 0 unspecified atom stereocenters. The van der Waals surface area contributed by atoms with E-state index in [9.17, 15) is 9.59 Å². The maximum Gasteiger partial charge on any atom is 0.339 e. The van der Waals surface area contributed by atoms with Crippen molar-refractivity contribution >= 4 is 23.6 Å². The summed E-state index contributed by atoms with van der Waals surface area (Å²) >= 11 is 1.53. The molecule has 6 heteroatoms. The summed E-state index contributed by atoms with van der Waals surface area (Å²) in [6.07, 6.45) is 1.12. The van der Waals surface area contributed by atoms with Gasteiger partial charge < -0.3 is 9.64 Å². The summed E-state index contributed by atoms with van der Waals surface area (Å²) in [6.45, 7) is 5.50. The van der Waals surface area contributed by atoms with Crippen LogP contribution in [0, 0.1) is 23.2 Å². The van der Waals surface area contributed by atoms with Gasteiger partial charge in [-0.2, -0.15) is 5.26 Å². The van der Waals surface area contributed by atoms with Crippen molar-refractivity contribution in [2.24, 2.45) is 11.8 Å². The van der Waals surface area contributed by atoms with E-state index in [1.165, 1.54) is 11.8 Å². The number of nitrogens with zero attached hydrogens (tertiary/aromatic N) is 2. The fraction of sp³-hybridized carbons (Fsp3) is 0.375. The van der Waals surface area contributed by atoms with Crippen molar-refractivity contribution in [3.8, 4) is 6.07 Å². The van der Waals surface area contributed by atoms with Crippen LogP contribution in [0.4, 0.5) is 0 Å². The van der Waals surface area contributed by atoms with E-state index in [1.807, 2.05) is 24.3 Å². The monoisotopic (exact) mass is 422 g/mol. The molecule has 1 aliphatic rings. The molecule has 2 aromatic carbocycles. The molecule has 156 valence electrons. The zero-order valence-corrected chi connectivity index (χ0v) is 18.2. The van der Waals surface area contributed by atoms with Crippen molar-refractivity contribution < 1.29 is 14.3 Å². The minimum Gasteiger partial charge on any atom is -0.452 e. The zero-order valence-electron chi connectivity index (χ0n) is 17.3. The van der Waals surface area contributed by atoms with Crippen LogP contribution in [0.25, 0.3) is 0 Å². The Labute approximate surface area is 182 Å². The first-order chi connectivity index (χ1) is 14.5. The van der Waals surface area contributed by atoms with Crippen LogP contribution in [0.15, 0.2) is 53.4 Å². The van der Waals surface area contributed by atoms with Crippen LogP contribution >= 0.6 is 11.8 Å². The van der Waals surface area contributed by atoms with E-state index in [0.29, 0.717) is 28.7 Å². The van der Waals surface area contributed by atoms with Gasteiger partial charge in [-0.25, -0.2) is 4.79 Å². The van der Waals surface area contributed by atoms with Crippen LogP contribution in [0.3, 0.4) is 0 Å². The van der Waals surface area contributed by atoms with Crippen molar-refractivity contribution in [1.29, 1.82) is 5.26 Å². The SMILES string of the molecule is C[C@@H]1C[C@H](C)CN(C(=O)COC(=O)c2ccccc2SCc2ccc(C#N)cc2)C1. The van der Waals surface area contributed by atoms with Gasteiger partial charge >= 0.3 is 5.97 Å². The molecule has 0 saturated carbocycles. The second kappa shape index (κ2) is 10.3. The quantitative estimate of drug-likeness (QED) is 0.506. The van der Waals surface area contributed by atoms with Gasteiger partial charge in [-0.05, 0) is 48.1 Å². The number of hydrogen-bond donors (Lipinski definition) is 0. The highest BCUT2D eigenvalue weighted by Crippen LogP contribution is 2.27. The van der Waals surface area contributed by atoms with Crippen LogP contribution < -0.4 is 0 Å². The fourth-order valence-corrected chi connectivity index (χ4v) is 4.76. The Kier molecular flexibility index (Phi) is 7.53. The average Bonchev–Trinajstić information content (AvgIpc) is 2.75. The molecule has 2 aromatic rings. The standard InChI is InChI=1S/C24H26N2O3S/c1-17-11-18(2)14-26(13-17)23(27)15-29-24(28)21-5-3-4-6-22(21)30-16-20-9-7-19(12-25)8-10-20/h3-10,17-18H,11,13-16H2,1-2H3/t17-,18+. The van der Waals surface area contributed by atoms with E-state index in [4.69, 9.17) is 10.00 Å². The lowest BCUT2D eigenvalue weighted by atomic mass is 9.92. The maximum absolute atomic E-state index is 12.6. The van der Waals surface area contributed by atoms with Crippen molar-refractivity contribution in [3.05, 3.63) is 65.2 Å². The molecule has 1 fully saturated rings. The minimum absolute atomic E-state index is 0.135. The number of amides is 1. The predicted octanol–water partition coefficient (Wildman–Crippen LogP) is 4.51. The Morgan fingerprint density at radius 3 is 2.43 bits per heavy atom. The predicted molar refractivity (Wildman–Crippen MR) is 117 cm³/mol. The first kappa shape index (κ1) is 21.9. The molecule has 0 spiro atoms. The highest BCUT2D eigenvalue weighted by atomic mass is 32.2. The summed E-state index contributed by atoms with van der Waals surface area (Å²) in [5, 5.41) is 8.90. The number of rotatable bonds is 6. The van der Waals surface area contributed by atoms with Gasteiger partial charge in [0.15, 0.2) is 6.61 Å². The van der Waals surface area contributed by atoms with Gasteiger partial charge in [-0.3, -0.25) is 4.79 Å². The Bertz CT molecular complexity index is 926. The van der Waals surface area contributed by atoms with Gasteiger partial charge in [0.05, 0.1) is 17.2 Å². The molecule has 0 N–H and O–H groups in total. The Hall–Kier alpha value is -2.78. The number of benzene rings is 2. The van der Waals surface area contributed by atoms with Crippen LogP contribution in [-0.4, -0.2) is 36.5 Å². The molecule has 1 heterocycles. The minimum atomic E-state index is -0.482. The second-order valence-electron chi connectivity index (χ2n) is 7.91. The summed E-state index contributed by atoms with van der Waals surface area (Å²) in [4.78, 5) is 27.7.